The van der Waals surface area contributed by atoms with Crippen molar-refractivity contribution in [3.63, 3.8) is 0 Å². The molecule has 0 aliphatic heterocycles. The summed E-state index contributed by atoms with van der Waals surface area (Å²) in [6.45, 7) is 4.49. The lowest BCUT2D eigenvalue weighted by molar-refractivity contribution is 0.526. The normalized spacial score (nSPS) is 11.1. The van der Waals surface area contributed by atoms with Crippen molar-refractivity contribution < 1.29 is 0 Å². The van der Waals surface area contributed by atoms with Gasteiger partial charge >= 0.3 is 0 Å². The smallest absolute Gasteiger partial charge is 0.0652 e. The second-order valence-electron chi connectivity index (χ2n) is 5.46. The van der Waals surface area contributed by atoms with Gasteiger partial charge in [-0.3, -0.25) is 0 Å². The summed E-state index contributed by atoms with van der Waals surface area (Å²) in [5.41, 5.74) is 1.01. The molecule has 0 aliphatic carbocycles. The third-order valence-corrected chi connectivity index (χ3v) is 4.15. The molecule has 20 heavy (non-hydrogen) atoms. The highest BCUT2D eigenvalue weighted by molar-refractivity contribution is 6.36. The maximum absolute atomic E-state index is 6.25. The Bertz CT molecular complexity index is 369. The fraction of sp³-hybridized carbons (Fsp3) is 0.647. The van der Waals surface area contributed by atoms with Crippen molar-refractivity contribution in [1.29, 1.82) is 0 Å². The zero-order chi connectivity index (χ0) is 14.8. The Morgan fingerprint density at radius 1 is 0.950 bits per heavy atom. The van der Waals surface area contributed by atoms with Gasteiger partial charge in [0.15, 0.2) is 0 Å². The van der Waals surface area contributed by atoms with Crippen LogP contribution in [0, 0.1) is 0 Å². The van der Waals surface area contributed by atoms with E-state index in [0.29, 0.717) is 16.1 Å². The number of anilines is 1. The number of nitrogens with one attached hydrogen (secondary N) is 1. The minimum Gasteiger partial charge on any atom is -0.381 e. The first-order chi connectivity index (χ1) is 9.67. The SMILES string of the molecule is CCCCCC(CCCCC)Nc1ccc(Cl)cc1Cl. The van der Waals surface area contributed by atoms with Gasteiger partial charge in [-0.2, -0.15) is 0 Å². The lowest BCUT2D eigenvalue weighted by Gasteiger charge is -2.21. The number of benzene rings is 1. The number of unbranched alkanes of at least 4 members (excludes halogenated alkanes) is 4. The molecule has 0 saturated heterocycles. The highest BCUT2D eigenvalue weighted by atomic mass is 35.5. The maximum Gasteiger partial charge on any atom is 0.0652 e. The van der Waals surface area contributed by atoms with Gasteiger partial charge in [0.05, 0.1) is 10.7 Å². The van der Waals surface area contributed by atoms with Gasteiger partial charge in [-0.25, -0.2) is 0 Å². The van der Waals surface area contributed by atoms with Crippen LogP contribution in [0.15, 0.2) is 18.2 Å². The topological polar surface area (TPSA) is 12.0 Å². The van der Waals surface area contributed by atoms with Crippen LogP contribution >= 0.6 is 23.2 Å². The standard InChI is InChI=1S/C17H27Cl2N/c1-3-5-7-9-15(10-8-6-4-2)20-17-12-11-14(18)13-16(17)19/h11-13,15,20H,3-10H2,1-2H3. The number of halogens is 2. The molecule has 0 fully saturated rings. The van der Waals surface area contributed by atoms with Crippen LogP contribution in [0.4, 0.5) is 5.69 Å². The van der Waals surface area contributed by atoms with Gasteiger partial charge in [0, 0.05) is 11.1 Å². The molecule has 114 valence electrons. The van der Waals surface area contributed by atoms with E-state index in [9.17, 15) is 0 Å². The first-order valence-corrected chi connectivity index (χ1v) is 8.64. The molecule has 1 aromatic carbocycles. The highest BCUT2D eigenvalue weighted by Crippen LogP contribution is 2.27. The predicted octanol–water partition coefficient (Wildman–Crippen LogP) is 6.93. The van der Waals surface area contributed by atoms with Gasteiger partial charge in [-0.05, 0) is 31.0 Å². The molecule has 0 atom stereocenters. The summed E-state index contributed by atoms with van der Waals surface area (Å²) >= 11 is 12.2. The summed E-state index contributed by atoms with van der Waals surface area (Å²) in [4.78, 5) is 0. The van der Waals surface area contributed by atoms with E-state index in [1.54, 1.807) is 6.07 Å². The van der Waals surface area contributed by atoms with Gasteiger partial charge in [0.2, 0.25) is 0 Å². The molecule has 0 bridgehead atoms. The minimum absolute atomic E-state index is 0.520. The Morgan fingerprint density at radius 3 is 2.05 bits per heavy atom. The van der Waals surface area contributed by atoms with Crippen molar-refractivity contribution in [3.05, 3.63) is 28.2 Å². The quantitative estimate of drug-likeness (QED) is 0.461. The Hall–Kier alpha value is -0.400. The molecule has 1 N–H and O–H groups in total. The summed E-state index contributed by atoms with van der Waals surface area (Å²) in [5.74, 6) is 0. The van der Waals surface area contributed by atoms with E-state index in [2.05, 4.69) is 19.2 Å². The van der Waals surface area contributed by atoms with Crippen LogP contribution in [0.1, 0.15) is 65.2 Å². The minimum atomic E-state index is 0.520. The third kappa shape index (κ3) is 6.85. The number of rotatable bonds is 10. The number of hydrogen-bond donors (Lipinski definition) is 1. The monoisotopic (exact) mass is 315 g/mol. The van der Waals surface area contributed by atoms with Crippen LogP contribution < -0.4 is 5.32 Å². The van der Waals surface area contributed by atoms with E-state index < -0.39 is 0 Å². The summed E-state index contributed by atoms with van der Waals surface area (Å²) in [5, 5.41) is 5.01. The Labute approximate surface area is 134 Å². The molecule has 0 saturated carbocycles. The van der Waals surface area contributed by atoms with Crippen molar-refractivity contribution >= 4 is 28.9 Å². The second kappa shape index (κ2) is 10.3. The van der Waals surface area contributed by atoms with Crippen LogP contribution in [-0.4, -0.2) is 6.04 Å². The van der Waals surface area contributed by atoms with Crippen LogP contribution in [0.25, 0.3) is 0 Å². The molecule has 0 amide bonds. The van der Waals surface area contributed by atoms with Crippen molar-refractivity contribution in [1.82, 2.24) is 0 Å². The zero-order valence-electron chi connectivity index (χ0n) is 12.7. The molecular formula is C17H27Cl2N. The van der Waals surface area contributed by atoms with Gasteiger partial charge < -0.3 is 5.32 Å². The molecule has 1 nitrogen and oxygen atoms in total. The van der Waals surface area contributed by atoms with Gasteiger partial charge in [-0.1, -0.05) is 75.6 Å². The third-order valence-electron chi connectivity index (χ3n) is 3.60. The molecule has 3 heteroatoms. The summed E-state index contributed by atoms with van der Waals surface area (Å²) in [7, 11) is 0. The first-order valence-electron chi connectivity index (χ1n) is 7.89. The molecule has 0 radical (unpaired) electrons. The summed E-state index contributed by atoms with van der Waals surface area (Å²) in [6.07, 6.45) is 10.2. The predicted molar refractivity (Wildman–Crippen MR) is 92.2 cm³/mol. The number of hydrogen-bond acceptors (Lipinski definition) is 1. The van der Waals surface area contributed by atoms with Gasteiger partial charge in [0.1, 0.15) is 0 Å². The van der Waals surface area contributed by atoms with Crippen LogP contribution in [0.3, 0.4) is 0 Å². The lowest BCUT2D eigenvalue weighted by atomic mass is 10.0. The fourth-order valence-electron chi connectivity index (χ4n) is 2.40. The first kappa shape index (κ1) is 17.7. The Balaban J connectivity index is 2.56. The molecule has 1 aromatic rings. The largest absolute Gasteiger partial charge is 0.381 e. The van der Waals surface area contributed by atoms with E-state index in [0.717, 1.165) is 5.69 Å². The van der Waals surface area contributed by atoms with Crippen molar-refractivity contribution in [2.75, 3.05) is 5.32 Å². The van der Waals surface area contributed by atoms with Crippen LogP contribution in [0.5, 0.6) is 0 Å². The molecule has 0 aromatic heterocycles. The van der Waals surface area contributed by atoms with Gasteiger partial charge in [0.25, 0.3) is 0 Å². The Morgan fingerprint density at radius 2 is 1.55 bits per heavy atom. The van der Waals surface area contributed by atoms with Crippen molar-refractivity contribution in [2.45, 2.75) is 71.3 Å². The van der Waals surface area contributed by atoms with Gasteiger partial charge in [-0.15, -0.1) is 0 Å². The molecule has 0 unspecified atom stereocenters. The van der Waals surface area contributed by atoms with E-state index in [1.165, 1.54) is 51.4 Å². The summed E-state index contributed by atoms with van der Waals surface area (Å²) < 4.78 is 0. The van der Waals surface area contributed by atoms with Crippen molar-refractivity contribution in [3.8, 4) is 0 Å². The second-order valence-corrected chi connectivity index (χ2v) is 6.30. The average molecular weight is 316 g/mol. The fourth-order valence-corrected chi connectivity index (χ4v) is 2.86. The van der Waals surface area contributed by atoms with Crippen LogP contribution in [0.2, 0.25) is 10.0 Å². The molecule has 0 aliphatic rings. The molecule has 1 rings (SSSR count). The van der Waals surface area contributed by atoms with E-state index in [-0.39, 0.29) is 0 Å². The van der Waals surface area contributed by atoms with E-state index >= 15 is 0 Å². The Kier molecular flexibility index (Phi) is 9.13. The van der Waals surface area contributed by atoms with E-state index in [1.807, 2.05) is 12.1 Å². The van der Waals surface area contributed by atoms with E-state index in [4.69, 9.17) is 23.2 Å². The molecule has 0 spiro atoms. The summed E-state index contributed by atoms with van der Waals surface area (Å²) in [6, 6.07) is 6.20. The lowest BCUT2D eigenvalue weighted by Crippen LogP contribution is -2.19. The average Bonchev–Trinajstić information content (AvgIpc) is 2.42. The molecule has 0 heterocycles. The highest BCUT2D eigenvalue weighted by Gasteiger charge is 2.10. The maximum atomic E-state index is 6.25. The van der Waals surface area contributed by atoms with Crippen LogP contribution in [-0.2, 0) is 0 Å². The molecular weight excluding hydrogens is 289 g/mol. The zero-order valence-corrected chi connectivity index (χ0v) is 14.2. The van der Waals surface area contributed by atoms with Crippen molar-refractivity contribution in [2.24, 2.45) is 0 Å².